The number of rotatable bonds is 2. The maximum atomic E-state index is 10.1. The molecular weight excluding hydrogens is 247 g/mol. The summed E-state index contributed by atoms with van der Waals surface area (Å²) < 4.78 is 5.34. The number of hydrogen-bond donors (Lipinski definition) is 1. The Kier molecular flexibility index (Phi) is 3.24. The van der Waals surface area contributed by atoms with Crippen molar-refractivity contribution in [2.24, 2.45) is 0 Å². The topological polar surface area (TPSA) is 33.4 Å². The minimum atomic E-state index is -0.889. The molecule has 2 nitrogen and oxygen atoms in total. The highest BCUT2D eigenvalue weighted by atomic mass is 35.5. The van der Waals surface area contributed by atoms with E-state index in [0.29, 0.717) is 21.4 Å². The molecule has 16 heavy (non-hydrogen) atoms. The molecule has 1 aromatic heterocycles. The maximum Gasteiger partial charge on any atom is 0.138 e. The predicted octanol–water partition coefficient (Wildman–Crippen LogP) is 3.98. The van der Waals surface area contributed by atoms with Crippen molar-refractivity contribution in [3.63, 3.8) is 0 Å². The van der Waals surface area contributed by atoms with Crippen molar-refractivity contribution in [3.05, 3.63) is 57.5 Å². The second kappa shape index (κ2) is 4.50. The molecule has 84 valence electrons. The molecule has 1 N–H and O–H groups in total. The molecule has 0 radical (unpaired) electrons. The Balaban J connectivity index is 2.41. The average molecular weight is 257 g/mol. The van der Waals surface area contributed by atoms with Crippen LogP contribution >= 0.6 is 23.2 Å². The first-order chi connectivity index (χ1) is 7.59. The third-order valence-electron chi connectivity index (χ3n) is 2.31. The Morgan fingerprint density at radius 2 is 1.94 bits per heavy atom. The van der Waals surface area contributed by atoms with Crippen LogP contribution in [-0.2, 0) is 0 Å². The van der Waals surface area contributed by atoms with E-state index in [1.54, 1.807) is 30.3 Å². The summed E-state index contributed by atoms with van der Waals surface area (Å²) in [4.78, 5) is 0. The van der Waals surface area contributed by atoms with E-state index in [0.717, 1.165) is 5.76 Å². The Bertz CT molecular complexity index is 505. The van der Waals surface area contributed by atoms with Crippen molar-refractivity contribution in [1.29, 1.82) is 0 Å². The van der Waals surface area contributed by atoms with Crippen molar-refractivity contribution < 1.29 is 9.52 Å². The number of benzene rings is 1. The molecule has 0 saturated heterocycles. The summed E-state index contributed by atoms with van der Waals surface area (Å²) in [5.41, 5.74) is 0.545. The van der Waals surface area contributed by atoms with Gasteiger partial charge in [0.2, 0.25) is 0 Å². The van der Waals surface area contributed by atoms with Crippen LogP contribution in [-0.4, -0.2) is 5.11 Å². The molecule has 0 aliphatic carbocycles. The van der Waals surface area contributed by atoms with Gasteiger partial charge in [-0.2, -0.15) is 0 Å². The van der Waals surface area contributed by atoms with Gasteiger partial charge in [-0.25, -0.2) is 0 Å². The van der Waals surface area contributed by atoms with Crippen molar-refractivity contribution in [1.82, 2.24) is 0 Å². The highest BCUT2D eigenvalue weighted by Gasteiger charge is 2.18. The van der Waals surface area contributed by atoms with Crippen molar-refractivity contribution in [2.45, 2.75) is 13.0 Å². The number of hydrogen-bond acceptors (Lipinski definition) is 2. The van der Waals surface area contributed by atoms with E-state index in [-0.39, 0.29) is 0 Å². The fraction of sp³-hybridized carbons (Fsp3) is 0.167. The van der Waals surface area contributed by atoms with Crippen LogP contribution < -0.4 is 0 Å². The van der Waals surface area contributed by atoms with E-state index in [9.17, 15) is 5.11 Å². The molecule has 0 saturated carbocycles. The largest absolute Gasteiger partial charge is 0.463 e. The van der Waals surface area contributed by atoms with Gasteiger partial charge in [-0.1, -0.05) is 35.3 Å². The van der Waals surface area contributed by atoms with Crippen LogP contribution in [0.3, 0.4) is 0 Å². The van der Waals surface area contributed by atoms with Crippen LogP contribution in [0.1, 0.15) is 23.2 Å². The Hall–Kier alpha value is -0.960. The lowest BCUT2D eigenvalue weighted by Crippen LogP contribution is -1.99. The van der Waals surface area contributed by atoms with Crippen LogP contribution in [0.4, 0.5) is 0 Å². The highest BCUT2D eigenvalue weighted by Crippen LogP contribution is 2.33. The number of furan rings is 1. The van der Waals surface area contributed by atoms with Crippen LogP contribution in [0.25, 0.3) is 0 Å². The summed E-state index contributed by atoms with van der Waals surface area (Å²) in [6, 6.07) is 8.64. The van der Waals surface area contributed by atoms with Crippen molar-refractivity contribution in [3.8, 4) is 0 Å². The summed E-state index contributed by atoms with van der Waals surface area (Å²) in [6.07, 6.45) is -0.889. The monoisotopic (exact) mass is 256 g/mol. The number of aliphatic hydroxyl groups is 1. The van der Waals surface area contributed by atoms with Crippen LogP contribution in [0.5, 0.6) is 0 Å². The molecule has 1 heterocycles. The van der Waals surface area contributed by atoms with E-state index in [2.05, 4.69) is 0 Å². The summed E-state index contributed by atoms with van der Waals surface area (Å²) in [5, 5.41) is 10.8. The molecule has 0 spiro atoms. The van der Waals surface area contributed by atoms with Gasteiger partial charge in [0.05, 0.1) is 10.0 Å². The van der Waals surface area contributed by atoms with Crippen molar-refractivity contribution >= 4 is 23.2 Å². The van der Waals surface area contributed by atoms with Gasteiger partial charge >= 0.3 is 0 Å². The standard InChI is InChI=1S/C12H10Cl2O2/c1-7-5-6-10(16-7)12(15)8-3-2-4-9(13)11(8)14/h2-6,12,15H,1H3. The average Bonchev–Trinajstić information content (AvgIpc) is 2.68. The molecule has 2 aromatic rings. The first-order valence-electron chi connectivity index (χ1n) is 4.78. The lowest BCUT2D eigenvalue weighted by molar-refractivity contribution is 0.188. The zero-order valence-corrected chi connectivity index (χ0v) is 10.1. The third-order valence-corrected chi connectivity index (χ3v) is 3.14. The number of aryl methyl sites for hydroxylation is 1. The lowest BCUT2D eigenvalue weighted by atomic mass is 10.1. The highest BCUT2D eigenvalue weighted by molar-refractivity contribution is 6.42. The number of aliphatic hydroxyl groups excluding tert-OH is 1. The fourth-order valence-electron chi connectivity index (χ4n) is 1.49. The second-order valence-corrected chi connectivity index (χ2v) is 4.28. The molecule has 1 atom stereocenters. The molecular formula is C12H10Cl2O2. The zero-order chi connectivity index (χ0) is 11.7. The molecule has 0 bridgehead atoms. The molecule has 0 amide bonds. The summed E-state index contributed by atoms with van der Waals surface area (Å²) in [7, 11) is 0. The van der Waals surface area contributed by atoms with Gasteiger partial charge in [0.25, 0.3) is 0 Å². The zero-order valence-electron chi connectivity index (χ0n) is 8.58. The number of halogens is 2. The SMILES string of the molecule is Cc1ccc(C(O)c2cccc(Cl)c2Cl)o1. The molecule has 4 heteroatoms. The first kappa shape index (κ1) is 11.5. The first-order valence-corrected chi connectivity index (χ1v) is 5.53. The van der Waals surface area contributed by atoms with Crippen LogP contribution in [0.15, 0.2) is 34.7 Å². The quantitative estimate of drug-likeness (QED) is 0.882. The molecule has 2 rings (SSSR count). The Morgan fingerprint density at radius 3 is 2.56 bits per heavy atom. The molecule has 1 unspecified atom stereocenters. The fourth-order valence-corrected chi connectivity index (χ4v) is 1.90. The van der Waals surface area contributed by atoms with Gasteiger partial charge in [-0.15, -0.1) is 0 Å². The van der Waals surface area contributed by atoms with E-state index in [1.807, 2.05) is 6.92 Å². The third kappa shape index (κ3) is 2.09. The Labute approximate surface area is 103 Å². The summed E-state index contributed by atoms with van der Waals surface area (Å²) >= 11 is 11.9. The summed E-state index contributed by atoms with van der Waals surface area (Å²) in [5.74, 6) is 1.20. The van der Waals surface area contributed by atoms with Crippen molar-refractivity contribution in [2.75, 3.05) is 0 Å². The smallest absolute Gasteiger partial charge is 0.138 e. The minimum absolute atomic E-state index is 0.353. The Morgan fingerprint density at radius 1 is 1.19 bits per heavy atom. The normalized spacial score (nSPS) is 12.8. The van der Waals surface area contributed by atoms with Gasteiger partial charge in [0, 0.05) is 5.56 Å². The van der Waals surface area contributed by atoms with E-state index in [4.69, 9.17) is 27.6 Å². The van der Waals surface area contributed by atoms with Crippen LogP contribution in [0.2, 0.25) is 10.0 Å². The second-order valence-electron chi connectivity index (χ2n) is 3.49. The summed E-state index contributed by atoms with van der Waals surface area (Å²) in [6.45, 7) is 1.82. The van der Waals surface area contributed by atoms with Gasteiger partial charge in [-0.3, -0.25) is 0 Å². The lowest BCUT2D eigenvalue weighted by Gasteiger charge is -2.10. The van der Waals surface area contributed by atoms with E-state index in [1.165, 1.54) is 0 Å². The molecule has 0 aliphatic rings. The molecule has 0 fully saturated rings. The van der Waals surface area contributed by atoms with Gasteiger partial charge < -0.3 is 9.52 Å². The van der Waals surface area contributed by atoms with E-state index < -0.39 is 6.10 Å². The minimum Gasteiger partial charge on any atom is -0.463 e. The predicted molar refractivity (Wildman–Crippen MR) is 64.0 cm³/mol. The maximum absolute atomic E-state index is 10.1. The van der Waals surface area contributed by atoms with Crippen LogP contribution in [0, 0.1) is 6.92 Å². The van der Waals surface area contributed by atoms with Gasteiger partial charge in [0.15, 0.2) is 0 Å². The molecule has 0 aliphatic heterocycles. The van der Waals surface area contributed by atoms with E-state index >= 15 is 0 Å². The molecule has 1 aromatic carbocycles. The van der Waals surface area contributed by atoms with Gasteiger partial charge in [-0.05, 0) is 25.1 Å². The van der Waals surface area contributed by atoms with Gasteiger partial charge in [0.1, 0.15) is 17.6 Å².